The van der Waals surface area contributed by atoms with E-state index in [9.17, 15) is 0 Å². The fraction of sp³-hybridized carbons (Fsp3) is 1.00. The topological polar surface area (TPSA) is 0 Å². The Labute approximate surface area is 50.9 Å². The minimum absolute atomic E-state index is 0.903. The molecular weight excluding hydrogens is 98.1 g/mol. The van der Waals surface area contributed by atoms with Gasteiger partial charge in [0.25, 0.3) is 0 Å². The van der Waals surface area contributed by atoms with Crippen LogP contribution in [0.15, 0.2) is 0 Å². The Kier molecular flexibility index (Phi) is 0.663. The lowest BCUT2D eigenvalue weighted by Gasteiger charge is -2.64. The van der Waals surface area contributed by atoms with Crippen molar-refractivity contribution in [1.29, 1.82) is 0 Å². The first-order valence-electron chi connectivity index (χ1n) is 3.59. The van der Waals surface area contributed by atoms with Crippen LogP contribution in [0.5, 0.6) is 0 Å². The van der Waals surface area contributed by atoms with Crippen LogP contribution in [-0.4, -0.2) is 30.2 Å². The summed E-state index contributed by atoms with van der Waals surface area (Å²) in [4.78, 5) is 0. The van der Waals surface area contributed by atoms with Crippen molar-refractivity contribution in [1.82, 2.24) is 0 Å². The molecule has 3 fully saturated rings. The average Bonchev–Trinajstić information content (AvgIpc) is 1.16. The summed E-state index contributed by atoms with van der Waals surface area (Å²) < 4.78 is 1.45. The molecule has 1 heteroatoms. The van der Waals surface area contributed by atoms with Crippen LogP contribution < -0.4 is 0 Å². The lowest BCUT2D eigenvalue weighted by Crippen LogP contribution is -2.81. The molecule has 0 aromatic carbocycles. The number of nitrogens with zero attached hydrogens (tertiary/aromatic N) is 1. The van der Waals surface area contributed by atoms with E-state index in [0.29, 0.717) is 0 Å². The normalized spacial score (nSPS) is 50.6. The van der Waals surface area contributed by atoms with Crippen LogP contribution in [0.2, 0.25) is 0 Å². The molecule has 0 aromatic rings. The van der Waals surface area contributed by atoms with Gasteiger partial charge in [-0.3, -0.25) is 0 Å². The molecule has 0 atom stereocenters. The molecule has 3 aliphatic heterocycles. The van der Waals surface area contributed by atoms with Crippen LogP contribution in [0.4, 0.5) is 0 Å². The average molecular weight is 112 g/mol. The van der Waals surface area contributed by atoms with E-state index >= 15 is 0 Å². The highest BCUT2D eigenvalue weighted by Gasteiger charge is 2.59. The van der Waals surface area contributed by atoms with Crippen LogP contribution in [0, 0.1) is 5.92 Å². The van der Waals surface area contributed by atoms with Crippen LogP contribution in [-0.2, 0) is 0 Å². The van der Waals surface area contributed by atoms with Crippen molar-refractivity contribution in [2.45, 2.75) is 19.9 Å². The lowest BCUT2D eigenvalue weighted by molar-refractivity contribution is -1.06. The third-order valence-corrected chi connectivity index (χ3v) is 2.96. The van der Waals surface area contributed by atoms with Gasteiger partial charge in [-0.05, 0) is 13.8 Å². The van der Waals surface area contributed by atoms with Crippen molar-refractivity contribution in [2.75, 3.05) is 19.6 Å². The Hall–Kier alpha value is -0.0400. The molecule has 0 N–H and O–H groups in total. The van der Waals surface area contributed by atoms with Crippen molar-refractivity contribution >= 4 is 0 Å². The van der Waals surface area contributed by atoms with E-state index in [1.165, 1.54) is 24.1 Å². The summed E-state index contributed by atoms with van der Waals surface area (Å²) in [5, 5.41) is 0. The van der Waals surface area contributed by atoms with Crippen LogP contribution >= 0.6 is 0 Å². The van der Waals surface area contributed by atoms with Crippen molar-refractivity contribution in [3.8, 4) is 0 Å². The Morgan fingerprint density at radius 1 is 1.25 bits per heavy atom. The molecule has 0 aliphatic carbocycles. The highest BCUT2D eigenvalue weighted by atomic mass is 15.5. The Bertz CT molecular complexity index is 101. The predicted molar refractivity (Wildman–Crippen MR) is 33.5 cm³/mol. The number of rotatable bonds is 1. The fourth-order valence-electron chi connectivity index (χ4n) is 2.01. The van der Waals surface area contributed by atoms with Gasteiger partial charge in [-0.25, -0.2) is 0 Å². The van der Waals surface area contributed by atoms with Gasteiger partial charge in [0.1, 0.15) is 5.92 Å². The standard InChI is InChI=1S/C7H14N/c1-6(2)8-3-7(4-8)5-8/h6-7H,3-5H2,1-2H3/q+1. The van der Waals surface area contributed by atoms with E-state index in [0.717, 1.165) is 12.0 Å². The van der Waals surface area contributed by atoms with Gasteiger partial charge in [-0.15, -0.1) is 0 Å². The molecule has 2 bridgehead atoms. The maximum atomic E-state index is 2.34. The zero-order valence-corrected chi connectivity index (χ0v) is 5.72. The molecule has 3 saturated heterocycles. The molecule has 0 spiro atoms. The SMILES string of the molecule is CC(C)[N+]12CC(C1)C2. The summed E-state index contributed by atoms with van der Waals surface area (Å²) in [7, 11) is 0. The molecule has 3 heterocycles. The summed E-state index contributed by atoms with van der Waals surface area (Å²) in [6.45, 7) is 9.18. The number of hydrogen-bond donors (Lipinski definition) is 0. The summed E-state index contributed by atoms with van der Waals surface area (Å²) in [5.41, 5.74) is 0. The van der Waals surface area contributed by atoms with Gasteiger partial charge in [0.2, 0.25) is 0 Å². The summed E-state index contributed by atoms with van der Waals surface area (Å²) in [6.07, 6.45) is 0. The Balaban J connectivity index is 2.04. The molecule has 0 unspecified atom stereocenters. The van der Waals surface area contributed by atoms with Crippen LogP contribution in [0.25, 0.3) is 0 Å². The maximum Gasteiger partial charge on any atom is 0.106 e. The van der Waals surface area contributed by atoms with Gasteiger partial charge in [0.15, 0.2) is 0 Å². The minimum Gasteiger partial charge on any atom is -0.320 e. The molecular formula is C7H14N+. The Morgan fingerprint density at radius 2 is 1.75 bits per heavy atom. The monoisotopic (exact) mass is 112 g/mol. The van der Waals surface area contributed by atoms with Crippen molar-refractivity contribution in [2.24, 2.45) is 5.92 Å². The minimum atomic E-state index is 0.903. The second kappa shape index (κ2) is 1.10. The molecule has 46 valence electrons. The third kappa shape index (κ3) is 0.334. The highest BCUT2D eigenvalue weighted by molar-refractivity contribution is 4.82. The summed E-state index contributed by atoms with van der Waals surface area (Å²) in [5.74, 6) is 1.14. The zero-order chi connectivity index (χ0) is 5.78. The molecule has 0 aromatic heterocycles. The van der Waals surface area contributed by atoms with E-state index in [1.807, 2.05) is 0 Å². The van der Waals surface area contributed by atoms with Crippen molar-refractivity contribution in [3.05, 3.63) is 0 Å². The van der Waals surface area contributed by atoms with Crippen molar-refractivity contribution < 1.29 is 4.48 Å². The molecule has 1 nitrogen and oxygen atoms in total. The van der Waals surface area contributed by atoms with Crippen LogP contribution in [0.3, 0.4) is 0 Å². The van der Waals surface area contributed by atoms with E-state index in [4.69, 9.17) is 0 Å². The molecule has 0 amide bonds. The van der Waals surface area contributed by atoms with Gasteiger partial charge < -0.3 is 4.48 Å². The molecule has 3 rings (SSSR count). The first kappa shape index (κ1) is 4.80. The van der Waals surface area contributed by atoms with Crippen LogP contribution in [0.1, 0.15) is 13.8 Å². The smallest absolute Gasteiger partial charge is 0.106 e. The van der Waals surface area contributed by atoms with Gasteiger partial charge in [0.05, 0.1) is 25.7 Å². The first-order valence-corrected chi connectivity index (χ1v) is 3.59. The summed E-state index contributed by atoms with van der Waals surface area (Å²) >= 11 is 0. The molecule has 0 radical (unpaired) electrons. The van der Waals surface area contributed by atoms with Gasteiger partial charge in [0, 0.05) is 0 Å². The Morgan fingerprint density at radius 3 is 1.75 bits per heavy atom. The number of hydrogen-bond acceptors (Lipinski definition) is 0. The van der Waals surface area contributed by atoms with E-state index < -0.39 is 0 Å². The quantitative estimate of drug-likeness (QED) is 0.441. The largest absolute Gasteiger partial charge is 0.320 e. The highest BCUT2D eigenvalue weighted by Crippen LogP contribution is 2.42. The van der Waals surface area contributed by atoms with E-state index in [2.05, 4.69) is 13.8 Å². The number of quaternary nitrogens is 1. The van der Waals surface area contributed by atoms with Gasteiger partial charge in [-0.1, -0.05) is 0 Å². The zero-order valence-electron chi connectivity index (χ0n) is 5.72. The van der Waals surface area contributed by atoms with Gasteiger partial charge >= 0.3 is 0 Å². The third-order valence-electron chi connectivity index (χ3n) is 2.96. The van der Waals surface area contributed by atoms with E-state index in [1.54, 1.807) is 0 Å². The molecule has 3 aliphatic rings. The fourth-order valence-corrected chi connectivity index (χ4v) is 2.01. The lowest BCUT2D eigenvalue weighted by atomic mass is 9.79. The van der Waals surface area contributed by atoms with Crippen molar-refractivity contribution in [3.63, 3.8) is 0 Å². The second-order valence-electron chi connectivity index (χ2n) is 3.73. The second-order valence-corrected chi connectivity index (χ2v) is 3.73. The maximum absolute atomic E-state index is 2.34. The van der Waals surface area contributed by atoms with E-state index in [-0.39, 0.29) is 0 Å². The van der Waals surface area contributed by atoms with Gasteiger partial charge in [-0.2, -0.15) is 0 Å². The molecule has 0 saturated carbocycles. The first-order chi connectivity index (χ1) is 3.73. The predicted octanol–water partition coefficient (Wildman–Crippen LogP) is 0.855. The summed E-state index contributed by atoms with van der Waals surface area (Å²) in [6, 6.07) is 0.903. The molecule has 8 heavy (non-hydrogen) atoms.